The molecule has 0 unspecified atom stereocenters. The van der Waals surface area contributed by atoms with Crippen LogP contribution in [0.15, 0.2) is 84.9 Å². The monoisotopic (exact) mass is 506 g/mol. The molecule has 0 aromatic heterocycles. The Morgan fingerprint density at radius 3 is 2.25 bits per heavy atom. The van der Waals surface area contributed by atoms with E-state index in [1.807, 2.05) is 92.7 Å². The number of ether oxygens (including phenoxy) is 1. The van der Waals surface area contributed by atoms with Crippen molar-refractivity contribution in [1.82, 2.24) is 10.2 Å². The highest BCUT2D eigenvalue weighted by Crippen LogP contribution is 2.21. The summed E-state index contributed by atoms with van der Waals surface area (Å²) in [5, 5.41) is 3.66. The van der Waals surface area contributed by atoms with E-state index >= 15 is 0 Å². The second-order valence-electron chi connectivity index (χ2n) is 8.90. The van der Waals surface area contributed by atoms with Gasteiger partial charge in [-0.3, -0.25) is 9.59 Å². The molecule has 2 amide bonds. The fourth-order valence-electron chi connectivity index (χ4n) is 3.88. The fraction of sp³-hybridized carbons (Fsp3) is 0.333. The zero-order chi connectivity index (χ0) is 25.8. The number of benzene rings is 3. The summed E-state index contributed by atoms with van der Waals surface area (Å²) in [6.07, 6.45) is 2.02. The second-order valence-corrected chi connectivity index (χ2v) is 9.31. The fourth-order valence-corrected chi connectivity index (χ4v) is 4.07. The summed E-state index contributed by atoms with van der Waals surface area (Å²) in [5.74, 6) is 0.508. The molecule has 6 heteroatoms. The molecule has 2 atom stereocenters. The lowest BCUT2D eigenvalue weighted by molar-refractivity contribution is -0.141. The van der Waals surface area contributed by atoms with Gasteiger partial charge in [-0.25, -0.2) is 0 Å². The van der Waals surface area contributed by atoms with Crippen LogP contribution in [0.1, 0.15) is 44.2 Å². The minimum atomic E-state index is -0.666. The quantitative estimate of drug-likeness (QED) is 0.287. The smallest absolute Gasteiger partial charge is 0.243 e. The van der Waals surface area contributed by atoms with Crippen LogP contribution in [0.5, 0.6) is 5.75 Å². The predicted molar refractivity (Wildman–Crippen MR) is 145 cm³/mol. The van der Waals surface area contributed by atoms with Crippen LogP contribution in [-0.4, -0.2) is 35.4 Å². The van der Waals surface area contributed by atoms with Crippen molar-refractivity contribution in [3.63, 3.8) is 0 Å². The van der Waals surface area contributed by atoms with Crippen LogP contribution < -0.4 is 10.1 Å². The largest absolute Gasteiger partial charge is 0.494 e. The minimum absolute atomic E-state index is 0.00677. The summed E-state index contributed by atoms with van der Waals surface area (Å²) in [5.41, 5.74) is 1.80. The number of para-hydroxylation sites is 1. The molecule has 3 rings (SSSR count). The first-order valence-corrected chi connectivity index (χ1v) is 12.9. The lowest BCUT2D eigenvalue weighted by Crippen LogP contribution is -2.52. The highest BCUT2D eigenvalue weighted by molar-refractivity contribution is 6.31. The summed E-state index contributed by atoms with van der Waals surface area (Å²) in [7, 11) is 0. The van der Waals surface area contributed by atoms with Crippen molar-refractivity contribution in [3.05, 3.63) is 101 Å². The van der Waals surface area contributed by atoms with Gasteiger partial charge in [0.1, 0.15) is 11.8 Å². The number of halogens is 1. The van der Waals surface area contributed by atoms with Crippen LogP contribution in [0.4, 0.5) is 0 Å². The van der Waals surface area contributed by atoms with Crippen molar-refractivity contribution in [2.24, 2.45) is 0 Å². The first kappa shape index (κ1) is 27.3. The molecule has 0 saturated carbocycles. The van der Waals surface area contributed by atoms with Crippen molar-refractivity contribution in [2.45, 2.75) is 58.2 Å². The van der Waals surface area contributed by atoms with Gasteiger partial charge in [-0.2, -0.15) is 0 Å². The Kier molecular flexibility index (Phi) is 10.8. The third-order valence-electron chi connectivity index (χ3n) is 6.12. The summed E-state index contributed by atoms with van der Waals surface area (Å²) < 4.78 is 5.77. The summed E-state index contributed by atoms with van der Waals surface area (Å²) in [6, 6.07) is 26.1. The first-order chi connectivity index (χ1) is 17.5. The molecule has 0 saturated heterocycles. The average Bonchev–Trinajstić information content (AvgIpc) is 2.90. The van der Waals surface area contributed by atoms with Crippen molar-refractivity contribution < 1.29 is 14.3 Å². The zero-order valence-electron chi connectivity index (χ0n) is 21.0. The van der Waals surface area contributed by atoms with Crippen molar-refractivity contribution in [1.29, 1.82) is 0 Å². The van der Waals surface area contributed by atoms with Gasteiger partial charge in [0.25, 0.3) is 0 Å². The average molecular weight is 507 g/mol. The molecule has 0 spiro atoms. The predicted octanol–water partition coefficient (Wildman–Crippen LogP) is 6.05. The number of hydrogen-bond donors (Lipinski definition) is 1. The van der Waals surface area contributed by atoms with E-state index in [-0.39, 0.29) is 30.8 Å². The van der Waals surface area contributed by atoms with Crippen LogP contribution in [0.25, 0.3) is 0 Å². The number of nitrogens with zero attached hydrogens (tertiary/aromatic N) is 1. The number of amides is 2. The molecule has 0 aliphatic carbocycles. The van der Waals surface area contributed by atoms with Crippen LogP contribution in [0.2, 0.25) is 5.02 Å². The third kappa shape index (κ3) is 8.42. The zero-order valence-corrected chi connectivity index (χ0v) is 21.8. The maximum Gasteiger partial charge on any atom is 0.243 e. The summed E-state index contributed by atoms with van der Waals surface area (Å²) >= 11 is 6.46. The van der Waals surface area contributed by atoms with E-state index in [1.165, 1.54) is 0 Å². The van der Waals surface area contributed by atoms with Gasteiger partial charge in [0.2, 0.25) is 11.8 Å². The lowest BCUT2D eigenvalue weighted by atomic mass is 10.0. The third-order valence-corrected chi connectivity index (χ3v) is 6.49. The normalized spacial score (nSPS) is 12.4. The SMILES string of the molecule is CC[C@@H](C)NC(=O)[C@H](Cc1ccccc1)N(Cc1ccccc1Cl)C(=O)CCCOc1ccccc1. The van der Waals surface area contributed by atoms with Gasteiger partial charge in [0.05, 0.1) is 6.61 Å². The van der Waals surface area contributed by atoms with Gasteiger partial charge < -0.3 is 15.0 Å². The first-order valence-electron chi connectivity index (χ1n) is 12.5. The number of rotatable bonds is 13. The van der Waals surface area contributed by atoms with Crippen molar-refractivity contribution >= 4 is 23.4 Å². The van der Waals surface area contributed by atoms with Gasteiger partial charge in [-0.05, 0) is 49.1 Å². The van der Waals surface area contributed by atoms with E-state index in [0.717, 1.165) is 23.3 Å². The van der Waals surface area contributed by atoms with Gasteiger partial charge in [-0.1, -0.05) is 85.3 Å². The highest BCUT2D eigenvalue weighted by Gasteiger charge is 2.31. The molecule has 0 heterocycles. The lowest BCUT2D eigenvalue weighted by Gasteiger charge is -2.32. The molecule has 0 aliphatic rings. The van der Waals surface area contributed by atoms with Crippen LogP contribution in [0.3, 0.4) is 0 Å². The minimum Gasteiger partial charge on any atom is -0.494 e. The van der Waals surface area contributed by atoms with Crippen LogP contribution in [-0.2, 0) is 22.6 Å². The topological polar surface area (TPSA) is 58.6 Å². The van der Waals surface area contributed by atoms with E-state index in [0.29, 0.717) is 24.5 Å². The Labute approximate surface area is 219 Å². The Hall–Kier alpha value is -3.31. The van der Waals surface area contributed by atoms with E-state index in [1.54, 1.807) is 11.0 Å². The van der Waals surface area contributed by atoms with Crippen molar-refractivity contribution in [3.8, 4) is 5.75 Å². The summed E-state index contributed by atoms with van der Waals surface area (Å²) in [4.78, 5) is 28.8. The number of carbonyl (C=O) groups is 2. The number of hydrogen-bond acceptors (Lipinski definition) is 3. The van der Waals surface area contributed by atoms with Gasteiger partial charge in [-0.15, -0.1) is 0 Å². The molecule has 0 fully saturated rings. The second kappa shape index (κ2) is 14.3. The number of carbonyl (C=O) groups excluding carboxylic acids is 2. The van der Waals surface area contributed by atoms with Crippen molar-refractivity contribution in [2.75, 3.05) is 6.61 Å². The van der Waals surface area contributed by atoms with E-state index in [4.69, 9.17) is 16.3 Å². The highest BCUT2D eigenvalue weighted by atomic mass is 35.5. The molecule has 3 aromatic carbocycles. The Bertz CT molecular complexity index is 1090. The van der Waals surface area contributed by atoms with E-state index in [2.05, 4.69) is 5.32 Å². The number of nitrogens with one attached hydrogen (secondary N) is 1. The van der Waals surface area contributed by atoms with Gasteiger partial charge in [0.15, 0.2) is 0 Å². The Morgan fingerprint density at radius 1 is 0.944 bits per heavy atom. The summed E-state index contributed by atoms with van der Waals surface area (Å²) in [6.45, 7) is 4.66. The Morgan fingerprint density at radius 2 is 1.58 bits per heavy atom. The Balaban J connectivity index is 1.81. The molecule has 0 aliphatic heterocycles. The molecule has 36 heavy (non-hydrogen) atoms. The molecule has 1 N–H and O–H groups in total. The van der Waals surface area contributed by atoms with Crippen LogP contribution in [0, 0.1) is 0 Å². The van der Waals surface area contributed by atoms with E-state index < -0.39 is 6.04 Å². The molecule has 0 radical (unpaired) electrons. The molecular formula is C30H35ClN2O3. The maximum absolute atomic E-state index is 13.6. The van der Waals surface area contributed by atoms with Crippen LogP contribution >= 0.6 is 11.6 Å². The molecular weight excluding hydrogens is 472 g/mol. The van der Waals surface area contributed by atoms with Gasteiger partial charge in [0, 0.05) is 30.5 Å². The molecule has 5 nitrogen and oxygen atoms in total. The maximum atomic E-state index is 13.6. The standard InChI is InChI=1S/C30H35ClN2O3/c1-3-23(2)32-30(35)28(21-24-13-6-4-7-14-24)33(22-25-15-10-11-18-27(25)31)29(34)19-12-20-36-26-16-8-5-9-17-26/h4-11,13-18,23,28H,3,12,19-22H2,1-2H3,(H,32,35)/t23-,28+/m1/s1. The van der Waals surface area contributed by atoms with Gasteiger partial charge >= 0.3 is 0 Å². The molecule has 0 bridgehead atoms. The molecule has 3 aromatic rings. The van der Waals surface area contributed by atoms with E-state index in [9.17, 15) is 9.59 Å². The molecule has 190 valence electrons.